The van der Waals surface area contributed by atoms with Gasteiger partial charge in [-0.3, -0.25) is 9.48 Å². The number of halogens is 4. The van der Waals surface area contributed by atoms with Crippen molar-refractivity contribution in [3.8, 4) is 22.5 Å². The zero-order valence-corrected chi connectivity index (χ0v) is 21.1. The molecule has 206 valence electrons. The normalized spacial score (nSPS) is 13.7. The number of aryl methyl sites for hydroxylation is 1. The summed E-state index contributed by atoms with van der Waals surface area (Å²) in [5.41, 5.74) is -1.42. The second kappa shape index (κ2) is 10.8. The van der Waals surface area contributed by atoms with E-state index in [9.17, 15) is 27.2 Å². The predicted molar refractivity (Wildman–Crippen MR) is 135 cm³/mol. The largest absolute Gasteiger partial charge is 0.449 e. The highest BCUT2D eigenvalue weighted by Gasteiger charge is 2.36. The van der Waals surface area contributed by atoms with Gasteiger partial charge in [0, 0.05) is 30.9 Å². The molecule has 0 bridgehead atoms. The number of cyclic esters (lactones) is 1. The lowest BCUT2D eigenvalue weighted by Crippen LogP contribution is -2.37. The van der Waals surface area contributed by atoms with Gasteiger partial charge in [0.05, 0.1) is 47.6 Å². The summed E-state index contributed by atoms with van der Waals surface area (Å²) in [6.07, 6.45) is -1.97. The van der Waals surface area contributed by atoms with Gasteiger partial charge < -0.3 is 15.0 Å². The average molecular weight is 555 g/mol. The van der Waals surface area contributed by atoms with E-state index < -0.39 is 40.7 Å². The van der Waals surface area contributed by atoms with Gasteiger partial charge in [-0.1, -0.05) is 30.3 Å². The van der Waals surface area contributed by atoms with Crippen LogP contribution in [-0.4, -0.2) is 49.8 Å². The fourth-order valence-electron chi connectivity index (χ4n) is 4.26. The molecule has 40 heavy (non-hydrogen) atoms. The molecule has 2 aromatic heterocycles. The molecule has 2 amide bonds. The quantitative estimate of drug-likeness (QED) is 0.325. The van der Waals surface area contributed by atoms with Gasteiger partial charge in [-0.25, -0.2) is 19.2 Å². The van der Waals surface area contributed by atoms with Gasteiger partial charge in [0.1, 0.15) is 11.6 Å². The van der Waals surface area contributed by atoms with Crippen LogP contribution in [0.1, 0.15) is 28.2 Å². The predicted octanol–water partition coefficient (Wildman–Crippen LogP) is 5.30. The topological polar surface area (TPSA) is 102 Å². The summed E-state index contributed by atoms with van der Waals surface area (Å²) in [4.78, 5) is 35.5. The summed E-state index contributed by atoms with van der Waals surface area (Å²) >= 11 is 0. The number of aromatic nitrogens is 4. The monoisotopic (exact) mass is 554 g/mol. The second-order valence-electron chi connectivity index (χ2n) is 9.01. The zero-order valence-electron chi connectivity index (χ0n) is 21.1. The SMILES string of the molecule is Cn1ccc(-c2cc(C(=O)Nc3cnc(CN4CCCOC4=O)nc3-c3ccccc3)c(F)cc2C(F)(F)F)n1. The van der Waals surface area contributed by atoms with E-state index in [1.165, 1.54) is 35.1 Å². The molecular weight excluding hydrogens is 532 g/mol. The maximum absolute atomic E-state index is 15.0. The summed E-state index contributed by atoms with van der Waals surface area (Å²) in [7, 11) is 1.52. The molecule has 0 radical (unpaired) electrons. The number of anilines is 1. The molecule has 13 heteroatoms. The summed E-state index contributed by atoms with van der Waals surface area (Å²) in [6.45, 7) is 0.861. The molecular formula is C27H22F4N6O3. The van der Waals surface area contributed by atoms with Crippen LogP contribution in [0.2, 0.25) is 0 Å². The highest BCUT2D eigenvalue weighted by molar-refractivity contribution is 6.06. The van der Waals surface area contributed by atoms with Crippen molar-refractivity contribution in [3.63, 3.8) is 0 Å². The Bertz CT molecular complexity index is 1570. The molecule has 0 unspecified atom stereocenters. The number of ether oxygens (including phenoxy) is 1. The fourth-order valence-corrected chi connectivity index (χ4v) is 4.26. The van der Waals surface area contributed by atoms with Crippen molar-refractivity contribution >= 4 is 17.7 Å². The first kappa shape index (κ1) is 26.8. The summed E-state index contributed by atoms with van der Waals surface area (Å²) in [5.74, 6) is -2.09. The lowest BCUT2D eigenvalue weighted by Gasteiger charge is -2.25. The van der Waals surface area contributed by atoms with E-state index in [2.05, 4.69) is 20.4 Å². The highest BCUT2D eigenvalue weighted by Crippen LogP contribution is 2.38. The van der Waals surface area contributed by atoms with E-state index in [1.54, 1.807) is 30.3 Å². The minimum absolute atomic E-state index is 0.0634. The van der Waals surface area contributed by atoms with E-state index in [0.717, 1.165) is 6.07 Å². The highest BCUT2D eigenvalue weighted by atomic mass is 19.4. The lowest BCUT2D eigenvalue weighted by molar-refractivity contribution is -0.137. The molecule has 1 fully saturated rings. The number of nitrogens with one attached hydrogen (secondary N) is 1. The van der Waals surface area contributed by atoms with Gasteiger partial charge in [-0.2, -0.15) is 18.3 Å². The maximum Gasteiger partial charge on any atom is 0.417 e. The molecule has 0 aliphatic carbocycles. The molecule has 9 nitrogen and oxygen atoms in total. The first-order valence-corrected chi connectivity index (χ1v) is 12.2. The van der Waals surface area contributed by atoms with E-state index in [1.807, 2.05) is 0 Å². The number of carbonyl (C=O) groups is 2. The zero-order chi connectivity index (χ0) is 28.4. The van der Waals surface area contributed by atoms with E-state index >= 15 is 0 Å². The van der Waals surface area contributed by atoms with Crippen molar-refractivity contribution in [1.82, 2.24) is 24.6 Å². The molecule has 0 saturated carbocycles. The van der Waals surface area contributed by atoms with Crippen LogP contribution >= 0.6 is 0 Å². The number of alkyl halides is 3. The minimum atomic E-state index is -4.88. The lowest BCUT2D eigenvalue weighted by atomic mass is 9.99. The van der Waals surface area contributed by atoms with Gasteiger partial charge in [-0.05, 0) is 24.6 Å². The Hall–Kier alpha value is -4.81. The Morgan fingerprint density at radius 1 is 1.15 bits per heavy atom. The van der Waals surface area contributed by atoms with Crippen molar-refractivity contribution in [3.05, 3.63) is 83.7 Å². The first-order valence-electron chi connectivity index (χ1n) is 12.2. The number of hydrogen-bond acceptors (Lipinski definition) is 6. The number of carbonyl (C=O) groups excluding carboxylic acids is 2. The summed E-state index contributed by atoms with van der Waals surface area (Å²) in [6, 6.07) is 11.2. The summed E-state index contributed by atoms with van der Waals surface area (Å²) in [5, 5.41) is 6.52. The molecule has 4 aromatic rings. The van der Waals surface area contributed by atoms with E-state index in [0.29, 0.717) is 25.1 Å². The fraction of sp³-hybridized carbons (Fsp3) is 0.222. The van der Waals surface area contributed by atoms with Crippen LogP contribution < -0.4 is 5.32 Å². The van der Waals surface area contributed by atoms with Crippen molar-refractivity contribution in [2.45, 2.75) is 19.1 Å². The van der Waals surface area contributed by atoms with Crippen LogP contribution in [0.3, 0.4) is 0 Å². The molecule has 3 heterocycles. The van der Waals surface area contributed by atoms with Crippen molar-refractivity contribution < 1.29 is 31.9 Å². The smallest absolute Gasteiger partial charge is 0.417 e. The van der Waals surface area contributed by atoms with Gasteiger partial charge in [0.2, 0.25) is 0 Å². The third-order valence-corrected chi connectivity index (χ3v) is 6.17. The van der Waals surface area contributed by atoms with Gasteiger partial charge in [0.25, 0.3) is 5.91 Å². The minimum Gasteiger partial charge on any atom is -0.449 e. The first-order chi connectivity index (χ1) is 19.1. The van der Waals surface area contributed by atoms with Gasteiger partial charge in [0.15, 0.2) is 0 Å². The molecule has 0 spiro atoms. The molecule has 1 aliphatic rings. The molecule has 1 aliphatic heterocycles. The van der Waals surface area contributed by atoms with Crippen LogP contribution in [0.25, 0.3) is 22.5 Å². The van der Waals surface area contributed by atoms with Crippen LogP contribution in [0.4, 0.5) is 28.0 Å². The molecule has 2 aromatic carbocycles. The standard InChI is InChI=1S/C27H22F4N6O3/c1-36-10-8-21(35-36)17-12-18(20(28)13-19(17)27(29,30)31)25(38)33-22-14-32-23(15-37-9-5-11-40-26(37)39)34-24(22)16-6-3-2-4-7-16/h2-4,6-8,10,12-14H,5,9,11,15H2,1H3,(H,33,38). The third kappa shape index (κ3) is 5.63. The Morgan fingerprint density at radius 2 is 1.93 bits per heavy atom. The molecule has 1 N–H and O–H groups in total. The Labute approximate surface area is 225 Å². The third-order valence-electron chi connectivity index (χ3n) is 6.17. The summed E-state index contributed by atoms with van der Waals surface area (Å²) < 4.78 is 62.5. The van der Waals surface area contributed by atoms with Gasteiger partial charge in [-0.15, -0.1) is 0 Å². The van der Waals surface area contributed by atoms with Crippen LogP contribution in [0.5, 0.6) is 0 Å². The van der Waals surface area contributed by atoms with E-state index in [4.69, 9.17) is 4.74 Å². The molecule has 1 saturated heterocycles. The number of rotatable bonds is 6. The maximum atomic E-state index is 15.0. The van der Waals surface area contributed by atoms with Crippen LogP contribution in [-0.2, 0) is 24.5 Å². The Morgan fingerprint density at radius 3 is 2.60 bits per heavy atom. The number of hydrogen-bond donors (Lipinski definition) is 1. The van der Waals surface area contributed by atoms with Crippen molar-refractivity contribution in [1.29, 1.82) is 0 Å². The Kier molecular flexibility index (Phi) is 7.20. The Balaban J connectivity index is 1.51. The van der Waals surface area contributed by atoms with Crippen molar-refractivity contribution in [2.75, 3.05) is 18.5 Å². The van der Waals surface area contributed by atoms with Crippen LogP contribution in [0.15, 0.2) is 60.9 Å². The van der Waals surface area contributed by atoms with Crippen LogP contribution in [0, 0.1) is 5.82 Å². The van der Waals surface area contributed by atoms with Crippen molar-refractivity contribution in [2.24, 2.45) is 7.05 Å². The molecule has 0 atom stereocenters. The number of amides is 2. The average Bonchev–Trinajstić information content (AvgIpc) is 3.36. The number of nitrogens with zero attached hydrogens (tertiary/aromatic N) is 5. The number of benzene rings is 2. The second-order valence-corrected chi connectivity index (χ2v) is 9.01. The van der Waals surface area contributed by atoms with E-state index in [-0.39, 0.29) is 35.5 Å². The van der Waals surface area contributed by atoms with Gasteiger partial charge >= 0.3 is 12.3 Å². The molecule has 5 rings (SSSR count).